The first-order valence-electron chi connectivity index (χ1n) is 8.85. The van der Waals surface area contributed by atoms with Crippen LogP contribution in [0.25, 0.3) is 0 Å². The Bertz CT molecular complexity index is 584. The molecule has 4 nitrogen and oxygen atoms in total. The minimum atomic E-state index is -0.808. The molecule has 4 atom stereocenters. The highest BCUT2D eigenvalue weighted by Crippen LogP contribution is 2.57. The number of fused-ring (bicyclic) bond motifs is 1. The van der Waals surface area contributed by atoms with E-state index in [-0.39, 0.29) is 28.8 Å². The predicted octanol–water partition coefficient (Wildman–Crippen LogP) is 4.50. The molecule has 2 aliphatic carbocycles. The standard InChI is InChI=1S/C20H30O4/c1-13(2)8-17(21)9-14(3)16-6-7-19(5)12-18(22)10-15(4)20(19,11-16)24-23/h8,10,14,16,23H,6-7,9,11-12H2,1-5H3/t14-,16+,19-,20-/m1/s1. The molecule has 2 aliphatic rings. The minimum absolute atomic E-state index is 0.105. The van der Waals surface area contributed by atoms with Crippen molar-refractivity contribution in [1.82, 2.24) is 0 Å². The third-order valence-corrected chi connectivity index (χ3v) is 6.10. The number of ketones is 2. The van der Waals surface area contributed by atoms with E-state index >= 15 is 0 Å². The molecule has 0 unspecified atom stereocenters. The Morgan fingerprint density at radius 1 is 1.50 bits per heavy atom. The molecule has 0 saturated heterocycles. The van der Waals surface area contributed by atoms with Crippen molar-refractivity contribution in [2.24, 2.45) is 17.3 Å². The monoisotopic (exact) mass is 334 g/mol. The van der Waals surface area contributed by atoms with Gasteiger partial charge < -0.3 is 0 Å². The first kappa shape index (κ1) is 19.1. The van der Waals surface area contributed by atoms with E-state index in [1.807, 2.05) is 27.7 Å². The summed E-state index contributed by atoms with van der Waals surface area (Å²) in [5.41, 5.74) is 0.634. The van der Waals surface area contributed by atoms with Gasteiger partial charge in [-0.05, 0) is 69.6 Å². The maximum Gasteiger partial charge on any atom is 0.156 e. The SMILES string of the molecule is CC(C)=CC(=O)C[C@@H](C)[C@H]1CC[C@]2(C)CC(=O)C=C(C)[C@]2(OO)C1. The molecule has 0 spiro atoms. The average molecular weight is 334 g/mol. The fourth-order valence-electron chi connectivity index (χ4n) is 4.66. The van der Waals surface area contributed by atoms with E-state index < -0.39 is 5.60 Å². The quantitative estimate of drug-likeness (QED) is 0.457. The Morgan fingerprint density at radius 3 is 2.75 bits per heavy atom. The van der Waals surface area contributed by atoms with Crippen LogP contribution in [0.3, 0.4) is 0 Å². The normalized spacial score (nSPS) is 34.2. The second-order valence-corrected chi connectivity index (χ2v) is 8.32. The lowest BCUT2D eigenvalue weighted by molar-refractivity contribution is -0.352. The Labute approximate surface area is 144 Å². The Kier molecular flexibility index (Phi) is 5.50. The molecular formula is C20H30O4. The van der Waals surface area contributed by atoms with Gasteiger partial charge in [-0.15, -0.1) is 0 Å². The Balaban J connectivity index is 2.21. The summed E-state index contributed by atoms with van der Waals surface area (Å²) in [4.78, 5) is 29.2. The third-order valence-electron chi connectivity index (χ3n) is 6.10. The van der Waals surface area contributed by atoms with Gasteiger partial charge in [-0.2, -0.15) is 0 Å². The molecule has 0 aliphatic heterocycles. The van der Waals surface area contributed by atoms with Crippen molar-refractivity contribution in [2.75, 3.05) is 0 Å². The molecule has 0 amide bonds. The molecular weight excluding hydrogens is 304 g/mol. The minimum Gasteiger partial charge on any atom is -0.295 e. The average Bonchev–Trinajstić information content (AvgIpc) is 2.45. The van der Waals surface area contributed by atoms with Crippen LogP contribution < -0.4 is 0 Å². The summed E-state index contributed by atoms with van der Waals surface area (Å²) in [7, 11) is 0. The maximum absolute atomic E-state index is 12.1. The van der Waals surface area contributed by atoms with E-state index in [0.717, 1.165) is 24.0 Å². The van der Waals surface area contributed by atoms with Gasteiger partial charge in [0.25, 0.3) is 0 Å². The molecule has 0 heterocycles. The molecule has 1 fully saturated rings. The second kappa shape index (κ2) is 6.93. The van der Waals surface area contributed by atoms with Crippen LogP contribution in [-0.4, -0.2) is 22.4 Å². The van der Waals surface area contributed by atoms with Crippen molar-refractivity contribution in [3.8, 4) is 0 Å². The molecule has 2 rings (SSSR count). The summed E-state index contributed by atoms with van der Waals surface area (Å²) in [5.74, 6) is 0.764. The second-order valence-electron chi connectivity index (χ2n) is 8.32. The van der Waals surface area contributed by atoms with E-state index in [2.05, 4.69) is 6.92 Å². The van der Waals surface area contributed by atoms with Gasteiger partial charge in [-0.1, -0.05) is 19.4 Å². The van der Waals surface area contributed by atoms with E-state index in [1.165, 1.54) is 0 Å². The summed E-state index contributed by atoms with van der Waals surface area (Å²) < 4.78 is 0. The molecule has 1 N–H and O–H groups in total. The zero-order chi connectivity index (χ0) is 18.1. The molecule has 134 valence electrons. The van der Waals surface area contributed by atoms with Crippen LogP contribution in [0.2, 0.25) is 0 Å². The first-order valence-corrected chi connectivity index (χ1v) is 8.85. The summed E-state index contributed by atoms with van der Waals surface area (Å²) in [5, 5.41) is 9.77. The highest BCUT2D eigenvalue weighted by atomic mass is 17.1. The van der Waals surface area contributed by atoms with Gasteiger partial charge in [0.05, 0.1) is 0 Å². The fraction of sp³-hybridized carbons (Fsp3) is 0.700. The van der Waals surface area contributed by atoms with E-state index in [0.29, 0.717) is 19.3 Å². The van der Waals surface area contributed by atoms with Crippen LogP contribution in [0.4, 0.5) is 0 Å². The molecule has 1 saturated carbocycles. The summed E-state index contributed by atoms with van der Waals surface area (Å²) >= 11 is 0. The van der Waals surface area contributed by atoms with Gasteiger partial charge in [0.15, 0.2) is 11.6 Å². The van der Waals surface area contributed by atoms with Gasteiger partial charge in [0, 0.05) is 18.3 Å². The summed E-state index contributed by atoms with van der Waals surface area (Å²) in [6, 6.07) is 0. The van der Waals surface area contributed by atoms with Crippen molar-refractivity contribution in [3.05, 3.63) is 23.3 Å². The largest absolute Gasteiger partial charge is 0.295 e. The number of rotatable bonds is 5. The lowest BCUT2D eigenvalue weighted by Crippen LogP contribution is -2.56. The molecule has 24 heavy (non-hydrogen) atoms. The van der Waals surface area contributed by atoms with Crippen LogP contribution in [-0.2, 0) is 14.5 Å². The van der Waals surface area contributed by atoms with Gasteiger partial charge in [0.2, 0.25) is 0 Å². The van der Waals surface area contributed by atoms with Gasteiger partial charge in [0.1, 0.15) is 5.60 Å². The van der Waals surface area contributed by atoms with Crippen LogP contribution >= 0.6 is 0 Å². The zero-order valence-electron chi connectivity index (χ0n) is 15.5. The number of allylic oxidation sites excluding steroid dienone is 3. The van der Waals surface area contributed by atoms with Crippen molar-refractivity contribution in [1.29, 1.82) is 0 Å². The number of hydrogen-bond acceptors (Lipinski definition) is 4. The molecule has 0 radical (unpaired) electrons. The van der Waals surface area contributed by atoms with E-state index in [9.17, 15) is 14.8 Å². The zero-order valence-corrected chi connectivity index (χ0v) is 15.5. The topological polar surface area (TPSA) is 63.6 Å². The first-order chi connectivity index (χ1) is 11.1. The van der Waals surface area contributed by atoms with Gasteiger partial charge >= 0.3 is 0 Å². The van der Waals surface area contributed by atoms with Crippen molar-refractivity contribution >= 4 is 11.6 Å². The van der Waals surface area contributed by atoms with E-state index in [1.54, 1.807) is 12.2 Å². The lowest BCUT2D eigenvalue weighted by Gasteiger charge is -2.54. The summed E-state index contributed by atoms with van der Waals surface area (Å²) in [6.07, 6.45) is 6.64. The van der Waals surface area contributed by atoms with Crippen molar-refractivity contribution < 1.29 is 19.7 Å². The number of carbonyl (C=O) groups excluding carboxylic acids is 2. The summed E-state index contributed by atoms with van der Waals surface area (Å²) in [6.45, 7) is 9.86. The third kappa shape index (κ3) is 3.40. The maximum atomic E-state index is 12.1. The lowest BCUT2D eigenvalue weighted by atomic mass is 9.53. The van der Waals surface area contributed by atoms with Crippen LogP contribution in [0.5, 0.6) is 0 Å². The number of hydrogen-bond donors (Lipinski definition) is 1. The number of carbonyl (C=O) groups is 2. The Morgan fingerprint density at radius 2 is 2.17 bits per heavy atom. The van der Waals surface area contributed by atoms with Crippen LogP contribution in [0.15, 0.2) is 23.3 Å². The molecule has 0 bridgehead atoms. The molecule has 0 aromatic heterocycles. The van der Waals surface area contributed by atoms with Crippen LogP contribution in [0.1, 0.15) is 66.7 Å². The molecule has 0 aromatic rings. The van der Waals surface area contributed by atoms with Crippen molar-refractivity contribution in [3.63, 3.8) is 0 Å². The van der Waals surface area contributed by atoms with Crippen LogP contribution in [0, 0.1) is 17.3 Å². The van der Waals surface area contributed by atoms with Gasteiger partial charge in [-0.25, -0.2) is 4.89 Å². The molecule has 4 heteroatoms. The molecule has 0 aromatic carbocycles. The van der Waals surface area contributed by atoms with Gasteiger partial charge in [-0.3, -0.25) is 14.8 Å². The smallest absolute Gasteiger partial charge is 0.156 e. The van der Waals surface area contributed by atoms with Crippen molar-refractivity contribution in [2.45, 2.75) is 72.3 Å². The highest BCUT2D eigenvalue weighted by Gasteiger charge is 2.57. The Hall–Kier alpha value is -1.26. The predicted molar refractivity (Wildman–Crippen MR) is 93.5 cm³/mol. The highest BCUT2D eigenvalue weighted by molar-refractivity contribution is 5.92. The van der Waals surface area contributed by atoms with E-state index in [4.69, 9.17) is 4.89 Å². The fourth-order valence-corrected chi connectivity index (χ4v) is 4.66.